The average molecular weight is 381 g/mol. The van der Waals surface area contributed by atoms with Gasteiger partial charge < -0.3 is 5.32 Å². The van der Waals surface area contributed by atoms with Crippen molar-refractivity contribution in [1.29, 1.82) is 0 Å². The second-order valence-corrected chi connectivity index (χ2v) is 5.87. The number of halogens is 2. The summed E-state index contributed by atoms with van der Waals surface area (Å²) in [6.07, 6.45) is 3.31. The van der Waals surface area contributed by atoms with E-state index in [9.17, 15) is 4.79 Å². The van der Waals surface area contributed by atoms with Gasteiger partial charge in [0.15, 0.2) is 5.82 Å². The summed E-state index contributed by atoms with van der Waals surface area (Å²) < 4.78 is 2.33. The number of nitrogens with zero attached hydrogens (tertiary/aromatic N) is 3. The Morgan fingerprint density at radius 1 is 1.41 bits per heavy atom. The maximum atomic E-state index is 12.0. The minimum absolute atomic E-state index is 0.308. The predicted octanol–water partition coefficient (Wildman–Crippen LogP) is 3.32. The molecule has 1 aromatic carbocycles. The first-order chi connectivity index (χ1) is 10.6. The van der Waals surface area contributed by atoms with Gasteiger partial charge in [-0.3, -0.25) is 14.6 Å². The van der Waals surface area contributed by atoms with E-state index in [0.717, 1.165) is 5.56 Å². The maximum Gasteiger partial charge on any atom is 0.276 e. The second kappa shape index (κ2) is 6.33. The van der Waals surface area contributed by atoms with Crippen LogP contribution in [0.3, 0.4) is 0 Å². The van der Waals surface area contributed by atoms with Gasteiger partial charge in [-0.25, -0.2) is 0 Å². The number of nitrogens with one attached hydrogen (secondary N) is 2. The first-order valence-corrected chi connectivity index (χ1v) is 7.57. The summed E-state index contributed by atoms with van der Waals surface area (Å²) in [5, 5.41) is 14.1. The van der Waals surface area contributed by atoms with E-state index in [-0.39, 0.29) is 5.91 Å². The van der Waals surface area contributed by atoms with E-state index in [1.807, 2.05) is 24.3 Å². The third-order valence-corrected chi connectivity index (χ3v) is 3.77. The highest BCUT2D eigenvalue weighted by atomic mass is 79.9. The Balaban J connectivity index is 1.69. The molecule has 0 atom stereocenters. The van der Waals surface area contributed by atoms with E-state index in [0.29, 0.717) is 27.6 Å². The fourth-order valence-corrected chi connectivity index (χ4v) is 2.53. The third-order valence-electron chi connectivity index (χ3n) is 2.94. The van der Waals surface area contributed by atoms with Gasteiger partial charge in [-0.1, -0.05) is 23.7 Å². The van der Waals surface area contributed by atoms with E-state index >= 15 is 0 Å². The SMILES string of the molecule is O=C(Nc1ccn(Cc2cccc(Cl)c2)n1)c1[nH]ncc1Br. The normalized spacial score (nSPS) is 10.6. The van der Waals surface area contributed by atoms with Gasteiger partial charge in [0.05, 0.1) is 17.2 Å². The number of aromatic amines is 1. The first kappa shape index (κ1) is 14.8. The van der Waals surface area contributed by atoms with Crippen molar-refractivity contribution < 1.29 is 4.79 Å². The molecule has 0 fully saturated rings. The summed E-state index contributed by atoms with van der Waals surface area (Å²) in [6.45, 7) is 0.574. The Bertz CT molecular complexity index is 813. The Kier molecular flexibility index (Phi) is 4.26. The van der Waals surface area contributed by atoms with Gasteiger partial charge in [0.1, 0.15) is 5.69 Å². The molecule has 2 aromatic heterocycles. The predicted molar refractivity (Wildman–Crippen MR) is 87.0 cm³/mol. The lowest BCUT2D eigenvalue weighted by Crippen LogP contribution is -2.14. The zero-order valence-corrected chi connectivity index (χ0v) is 13.6. The highest BCUT2D eigenvalue weighted by molar-refractivity contribution is 9.10. The fourth-order valence-electron chi connectivity index (χ4n) is 1.95. The topological polar surface area (TPSA) is 75.6 Å². The number of aromatic nitrogens is 4. The fraction of sp³-hybridized carbons (Fsp3) is 0.0714. The Hall–Kier alpha value is -2.12. The van der Waals surface area contributed by atoms with E-state index in [1.54, 1.807) is 16.9 Å². The highest BCUT2D eigenvalue weighted by Crippen LogP contribution is 2.15. The van der Waals surface area contributed by atoms with Crippen molar-refractivity contribution in [3.05, 3.63) is 63.5 Å². The summed E-state index contributed by atoms with van der Waals surface area (Å²) in [5.74, 6) is 0.158. The number of hydrogen-bond donors (Lipinski definition) is 2. The molecule has 0 spiro atoms. The molecule has 3 rings (SSSR count). The van der Waals surface area contributed by atoms with Gasteiger partial charge in [-0.05, 0) is 33.6 Å². The molecule has 3 aromatic rings. The summed E-state index contributed by atoms with van der Waals surface area (Å²) in [5.41, 5.74) is 1.38. The Morgan fingerprint density at radius 3 is 3.00 bits per heavy atom. The molecule has 2 heterocycles. The quantitative estimate of drug-likeness (QED) is 0.729. The number of carbonyl (C=O) groups is 1. The van der Waals surface area contributed by atoms with Gasteiger partial charge in [0.2, 0.25) is 0 Å². The molecule has 0 saturated heterocycles. The van der Waals surface area contributed by atoms with E-state index in [4.69, 9.17) is 11.6 Å². The third kappa shape index (κ3) is 3.37. The Morgan fingerprint density at radius 2 is 2.27 bits per heavy atom. The van der Waals surface area contributed by atoms with Crippen molar-refractivity contribution in [2.45, 2.75) is 6.54 Å². The van der Waals surface area contributed by atoms with Crippen LogP contribution in [0.2, 0.25) is 5.02 Å². The lowest BCUT2D eigenvalue weighted by molar-refractivity contribution is 0.102. The van der Waals surface area contributed by atoms with Gasteiger partial charge in [0.25, 0.3) is 5.91 Å². The molecular formula is C14H11BrClN5O. The van der Waals surface area contributed by atoms with Crippen molar-refractivity contribution in [1.82, 2.24) is 20.0 Å². The molecule has 1 amide bonds. The van der Waals surface area contributed by atoms with Crippen LogP contribution in [0.1, 0.15) is 16.1 Å². The summed E-state index contributed by atoms with van der Waals surface area (Å²) in [6, 6.07) is 9.28. The van der Waals surface area contributed by atoms with Crippen molar-refractivity contribution >= 4 is 39.3 Å². The molecule has 0 aliphatic rings. The smallest absolute Gasteiger partial charge is 0.276 e. The van der Waals surface area contributed by atoms with Crippen LogP contribution >= 0.6 is 27.5 Å². The number of carbonyl (C=O) groups excluding carboxylic acids is 1. The van der Waals surface area contributed by atoms with Crippen LogP contribution in [0.15, 0.2) is 47.2 Å². The molecule has 2 N–H and O–H groups in total. The highest BCUT2D eigenvalue weighted by Gasteiger charge is 2.13. The van der Waals surface area contributed by atoms with Gasteiger partial charge >= 0.3 is 0 Å². The number of anilines is 1. The molecule has 0 unspecified atom stereocenters. The molecular weight excluding hydrogens is 370 g/mol. The van der Waals surface area contributed by atoms with E-state index in [2.05, 4.69) is 36.5 Å². The van der Waals surface area contributed by atoms with Crippen LogP contribution in [0.4, 0.5) is 5.82 Å². The minimum atomic E-state index is -0.308. The summed E-state index contributed by atoms with van der Waals surface area (Å²) >= 11 is 9.20. The molecule has 8 heteroatoms. The van der Waals surface area contributed by atoms with Crippen molar-refractivity contribution in [3.8, 4) is 0 Å². The van der Waals surface area contributed by atoms with E-state index < -0.39 is 0 Å². The van der Waals surface area contributed by atoms with Crippen molar-refractivity contribution in [2.75, 3.05) is 5.32 Å². The zero-order valence-electron chi connectivity index (χ0n) is 11.3. The Labute approximate surface area is 139 Å². The van der Waals surface area contributed by atoms with Crippen LogP contribution in [0, 0.1) is 0 Å². The van der Waals surface area contributed by atoms with Crippen LogP contribution < -0.4 is 5.32 Å². The largest absolute Gasteiger partial charge is 0.304 e. The van der Waals surface area contributed by atoms with Gasteiger partial charge in [0, 0.05) is 17.3 Å². The average Bonchev–Trinajstić information content (AvgIpc) is 3.08. The van der Waals surface area contributed by atoms with Gasteiger partial charge in [-0.2, -0.15) is 10.2 Å². The molecule has 0 aliphatic carbocycles. The first-order valence-electron chi connectivity index (χ1n) is 6.40. The van der Waals surface area contributed by atoms with Crippen LogP contribution in [-0.4, -0.2) is 25.9 Å². The van der Waals surface area contributed by atoms with Crippen LogP contribution in [-0.2, 0) is 6.54 Å². The summed E-state index contributed by atoms with van der Waals surface area (Å²) in [7, 11) is 0. The lowest BCUT2D eigenvalue weighted by atomic mass is 10.2. The number of benzene rings is 1. The number of H-pyrrole nitrogens is 1. The number of amides is 1. The molecule has 0 bridgehead atoms. The van der Waals surface area contributed by atoms with Crippen molar-refractivity contribution in [3.63, 3.8) is 0 Å². The van der Waals surface area contributed by atoms with Crippen molar-refractivity contribution in [2.24, 2.45) is 0 Å². The zero-order chi connectivity index (χ0) is 15.5. The van der Waals surface area contributed by atoms with Crippen LogP contribution in [0.25, 0.3) is 0 Å². The number of hydrogen-bond acceptors (Lipinski definition) is 3. The second-order valence-electron chi connectivity index (χ2n) is 4.58. The molecule has 0 saturated carbocycles. The maximum absolute atomic E-state index is 12.0. The molecule has 0 aliphatic heterocycles. The summed E-state index contributed by atoms with van der Waals surface area (Å²) in [4.78, 5) is 12.0. The standard InChI is InChI=1S/C14H11BrClN5O/c15-11-7-17-19-13(11)14(22)18-12-4-5-21(20-12)8-9-2-1-3-10(16)6-9/h1-7H,8H2,(H,17,19)(H,18,20,22). The minimum Gasteiger partial charge on any atom is -0.304 e. The number of rotatable bonds is 4. The molecule has 22 heavy (non-hydrogen) atoms. The monoisotopic (exact) mass is 379 g/mol. The molecule has 6 nitrogen and oxygen atoms in total. The lowest BCUT2D eigenvalue weighted by Gasteiger charge is -2.03. The van der Waals surface area contributed by atoms with Gasteiger partial charge in [-0.15, -0.1) is 0 Å². The van der Waals surface area contributed by atoms with Crippen LogP contribution in [0.5, 0.6) is 0 Å². The molecule has 0 radical (unpaired) electrons. The molecule has 112 valence electrons. The van der Waals surface area contributed by atoms with E-state index in [1.165, 1.54) is 6.20 Å².